The second kappa shape index (κ2) is 2.73. The fraction of sp³-hybridized carbons (Fsp3) is 0.667. The molecule has 0 aromatic heterocycles. The van der Waals surface area contributed by atoms with E-state index in [1.165, 1.54) is 0 Å². The van der Waals surface area contributed by atoms with Gasteiger partial charge >= 0.3 is 0 Å². The van der Waals surface area contributed by atoms with Gasteiger partial charge in [-0.05, 0) is 0 Å². The first-order valence-electron chi connectivity index (χ1n) is 1.30. The Kier molecular flexibility index (Phi) is 3.01. The molecular weight excluding hydrogens is 104 g/mol. The molecule has 0 atom stereocenters. The Balaban J connectivity index is 2.54. The maximum atomic E-state index is 5.34. The van der Waals surface area contributed by atoms with E-state index >= 15 is 0 Å². The molecule has 0 fully saturated rings. The molecular formula is C3H6ClS+. The molecule has 0 nitrogen and oxygen atoms in total. The van der Waals surface area contributed by atoms with E-state index in [-0.39, 0.29) is 0 Å². The van der Waals surface area contributed by atoms with Crippen LogP contribution in [-0.4, -0.2) is 6.26 Å². The van der Waals surface area contributed by atoms with Crippen molar-refractivity contribution in [1.82, 2.24) is 0 Å². The van der Waals surface area contributed by atoms with Crippen LogP contribution in [0.4, 0.5) is 0 Å². The molecule has 0 amide bonds. The maximum Gasteiger partial charge on any atom is 0.262 e. The Morgan fingerprint density at radius 1 is 1.80 bits per heavy atom. The second-order valence-corrected chi connectivity index (χ2v) is 2.49. The van der Waals surface area contributed by atoms with Crippen molar-refractivity contribution in [3.05, 3.63) is 4.71 Å². The van der Waals surface area contributed by atoms with Gasteiger partial charge in [0.25, 0.3) is 4.71 Å². The fourth-order valence-corrected chi connectivity index (χ4v) is 0. The molecule has 0 saturated heterocycles. The highest BCUT2D eigenvalue weighted by molar-refractivity contribution is 8.02. The zero-order valence-corrected chi connectivity index (χ0v) is 4.86. The van der Waals surface area contributed by atoms with Crippen LogP contribution in [0.1, 0.15) is 6.92 Å². The van der Waals surface area contributed by atoms with Crippen LogP contribution in [0.15, 0.2) is 0 Å². The van der Waals surface area contributed by atoms with Crippen LogP contribution >= 0.6 is 23.4 Å². The molecule has 0 unspecified atom stereocenters. The minimum atomic E-state index is 0.894. The Morgan fingerprint density at radius 2 is 2.00 bits per heavy atom. The first kappa shape index (κ1) is 5.51. The predicted molar refractivity (Wildman–Crippen MR) is 28.3 cm³/mol. The van der Waals surface area contributed by atoms with Gasteiger partial charge in [-0.15, -0.1) is 0 Å². The molecule has 0 heterocycles. The van der Waals surface area contributed by atoms with Gasteiger partial charge in [0.1, 0.15) is 6.92 Å². The molecule has 0 aromatic rings. The zero-order valence-electron chi connectivity index (χ0n) is 3.29. The highest BCUT2D eigenvalue weighted by Gasteiger charge is 2.02. The van der Waals surface area contributed by atoms with Gasteiger partial charge in [0.05, 0.1) is 11.8 Å². The molecule has 0 aliphatic rings. The number of hydrogen-bond acceptors (Lipinski definition) is 1. The van der Waals surface area contributed by atoms with Gasteiger partial charge in [-0.3, -0.25) is 0 Å². The molecule has 30 valence electrons. The Labute approximate surface area is 41.9 Å². The van der Waals surface area contributed by atoms with Gasteiger partial charge in [0.15, 0.2) is 11.6 Å². The first-order chi connectivity index (χ1) is 2.27. The van der Waals surface area contributed by atoms with Gasteiger partial charge in [-0.1, -0.05) is 0 Å². The summed E-state index contributed by atoms with van der Waals surface area (Å²) in [6.45, 7) is 1.87. The summed E-state index contributed by atoms with van der Waals surface area (Å²) in [7, 11) is 0. The van der Waals surface area contributed by atoms with Crippen LogP contribution in [0.2, 0.25) is 0 Å². The van der Waals surface area contributed by atoms with Crippen molar-refractivity contribution in [2.45, 2.75) is 6.92 Å². The van der Waals surface area contributed by atoms with E-state index < -0.39 is 0 Å². The Bertz CT molecular complexity index is 20.9. The number of thioether (sulfide) groups is 1. The largest absolute Gasteiger partial charge is 0.262 e. The summed E-state index contributed by atoms with van der Waals surface area (Å²) >= 11 is 6.90. The standard InChI is InChI=1S/C3H6ClS/c1-3(4)5-2/h1-2H3/q+1. The van der Waals surface area contributed by atoms with E-state index in [0.717, 1.165) is 4.71 Å². The summed E-state index contributed by atoms with van der Waals surface area (Å²) in [5.41, 5.74) is 0. The van der Waals surface area contributed by atoms with Gasteiger partial charge < -0.3 is 0 Å². The fourth-order valence-electron chi connectivity index (χ4n) is 0. The summed E-state index contributed by atoms with van der Waals surface area (Å²) in [6, 6.07) is 0. The minimum Gasteiger partial charge on any atom is 0.0288 e. The van der Waals surface area contributed by atoms with Crippen molar-refractivity contribution in [1.29, 1.82) is 0 Å². The SMILES string of the molecule is CS[C+](C)Cl. The lowest BCUT2D eigenvalue weighted by Gasteiger charge is -1.68. The van der Waals surface area contributed by atoms with Crippen molar-refractivity contribution in [2.75, 3.05) is 6.26 Å². The van der Waals surface area contributed by atoms with E-state index in [9.17, 15) is 0 Å². The highest BCUT2D eigenvalue weighted by Crippen LogP contribution is 2.17. The van der Waals surface area contributed by atoms with Crippen molar-refractivity contribution >= 4 is 23.4 Å². The van der Waals surface area contributed by atoms with E-state index in [2.05, 4.69) is 0 Å². The van der Waals surface area contributed by atoms with Crippen LogP contribution in [0.5, 0.6) is 0 Å². The molecule has 0 bridgehead atoms. The van der Waals surface area contributed by atoms with E-state index in [0.29, 0.717) is 0 Å². The third kappa shape index (κ3) is 4.51. The third-order valence-electron chi connectivity index (χ3n) is 0.281. The van der Waals surface area contributed by atoms with Crippen molar-refractivity contribution in [3.63, 3.8) is 0 Å². The highest BCUT2D eigenvalue weighted by atomic mass is 35.5. The molecule has 5 heavy (non-hydrogen) atoms. The van der Waals surface area contributed by atoms with Crippen LogP contribution < -0.4 is 0 Å². The topological polar surface area (TPSA) is 0 Å². The van der Waals surface area contributed by atoms with Gasteiger partial charge in [-0.25, -0.2) is 0 Å². The lowest BCUT2D eigenvalue weighted by atomic mass is 11.0. The van der Waals surface area contributed by atoms with Gasteiger partial charge in [0.2, 0.25) is 0 Å². The molecule has 0 aliphatic carbocycles. The van der Waals surface area contributed by atoms with Crippen LogP contribution in [-0.2, 0) is 0 Å². The summed E-state index contributed by atoms with van der Waals surface area (Å²) in [5, 5.41) is 0. The van der Waals surface area contributed by atoms with Crippen molar-refractivity contribution in [2.24, 2.45) is 0 Å². The normalized spacial score (nSPS) is 7.80. The average molecular weight is 110 g/mol. The molecule has 0 aliphatic heterocycles. The molecule has 0 saturated carbocycles. The smallest absolute Gasteiger partial charge is 0.0288 e. The van der Waals surface area contributed by atoms with E-state index in [1.54, 1.807) is 11.8 Å². The second-order valence-electron chi connectivity index (χ2n) is 0.674. The summed E-state index contributed by atoms with van der Waals surface area (Å²) in [5.74, 6) is 0. The van der Waals surface area contributed by atoms with Gasteiger partial charge in [-0.2, -0.15) is 0 Å². The number of rotatable bonds is 1. The van der Waals surface area contributed by atoms with Crippen molar-refractivity contribution < 1.29 is 0 Å². The zero-order chi connectivity index (χ0) is 4.28. The van der Waals surface area contributed by atoms with Crippen LogP contribution in [0.25, 0.3) is 0 Å². The summed E-state index contributed by atoms with van der Waals surface area (Å²) in [6.07, 6.45) is 1.95. The number of halogens is 1. The Hall–Kier alpha value is 0.510. The average Bonchev–Trinajstić information content (AvgIpc) is 1.38. The van der Waals surface area contributed by atoms with Gasteiger partial charge in [0, 0.05) is 6.26 Å². The predicted octanol–water partition coefficient (Wildman–Crippen LogP) is 2.10. The summed E-state index contributed by atoms with van der Waals surface area (Å²) < 4.78 is 0.894. The van der Waals surface area contributed by atoms with Crippen molar-refractivity contribution in [3.8, 4) is 0 Å². The molecule has 0 rings (SSSR count). The number of hydrogen-bond donors (Lipinski definition) is 0. The monoisotopic (exact) mass is 109 g/mol. The quantitative estimate of drug-likeness (QED) is 0.465. The van der Waals surface area contributed by atoms with E-state index in [4.69, 9.17) is 11.6 Å². The van der Waals surface area contributed by atoms with E-state index in [1.807, 2.05) is 13.2 Å². The molecule has 0 N–H and O–H groups in total. The molecule has 0 radical (unpaired) electrons. The first-order valence-corrected chi connectivity index (χ1v) is 2.90. The molecule has 0 spiro atoms. The molecule has 0 aromatic carbocycles. The minimum absolute atomic E-state index is 0.894. The Morgan fingerprint density at radius 3 is 2.00 bits per heavy atom. The van der Waals surface area contributed by atoms with Crippen LogP contribution in [0, 0.1) is 4.71 Å². The lowest BCUT2D eigenvalue weighted by molar-refractivity contribution is 1.64. The third-order valence-corrected chi connectivity index (χ3v) is 1.31. The van der Waals surface area contributed by atoms with Crippen LogP contribution in [0.3, 0.4) is 0 Å². The summed E-state index contributed by atoms with van der Waals surface area (Å²) in [4.78, 5) is 0. The molecule has 2 heteroatoms. The lowest BCUT2D eigenvalue weighted by Crippen LogP contribution is -1.59. The maximum absolute atomic E-state index is 5.34.